The number of nitrogens with one attached hydrogen (secondary N) is 2. The second-order valence-corrected chi connectivity index (χ2v) is 5.24. The molecule has 0 aliphatic carbocycles. The predicted molar refractivity (Wildman–Crippen MR) is 73.0 cm³/mol. The molecule has 0 bridgehead atoms. The Morgan fingerprint density at radius 1 is 1.20 bits per heavy atom. The van der Waals surface area contributed by atoms with Gasteiger partial charge in [0.05, 0.1) is 7.11 Å². The highest BCUT2D eigenvalue weighted by Gasteiger charge is 2.24. The van der Waals surface area contributed by atoms with E-state index in [1.54, 1.807) is 18.7 Å². The van der Waals surface area contributed by atoms with Crippen LogP contribution in [-0.4, -0.2) is 55.6 Å². The second kappa shape index (κ2) is 7.72. The maximum absolute atomic E-state index is 11.5. The van der Waals surface area contributed by atoms with Gasteiger partial charge in [-0.1, -0.05) is 0 Å². The lowest BCUT2D eigenvalue weighted by molar-refractivity contribution is -0.139. The van der Waals surface area contributed by atoms with Crippen LogP contribution in [0.1, 0.15) is 26.7 Å². The Labute approximate surface area is 119 Å². The fourth-order valence-electron chi connectivity index (χ4n) is 2.09. The van der Waals surface area contributed by atoms with Gasteiger partial charge in [-0.25, -0.2) is 4.79 Å². The van der Waals surface area contributed by atoms with Crippen molar-refractivity contribution >= 4 is 17.9 Å². The molecular formula is C13H23N3O4. The standard InChI is InChI=1S/C13H23N3O4/c1-9(2)15-12(18)11(17)14-8-10-4-6-16(7-5-10)13(19)20-3/h9-10H,4-8H2,1-3H3,(H,14,17)(H,15,18). The number of amides is 3. The van der Waals surface area contributed by atoms with Gasteiger partial charge in [0.2, 0.25) is 0 Å². The Hall–Kier alpha value is -1.79. The van der Waals surface area contributed by atoms with Crippen molar-refractivity contribution in [2.24, 2.45) is 5.92 Å². The molecule has 0 spiro atoms. The van der Waals surface area contributed by atoms with Crippen LogP contribution in [0.15, 0.2) is 0 Å². The van der Waals surface area contributed by atoms with Crippen molar-refractivity contribution in [2.45, 2.75) is 32.7 Å². The van der Waals surface area contributed by atoms with Crippen LogP contribution in [0.25, 0.3) is 0 Å². The first-order valence-corrected chi connectivity index (χ1v) is 6.85. The fourth-order valence-corrected chi connectivity index (χ4v) is 2.09. The Morgan fingerprint density at radius 2 is 1.80 bits per heavy atom. The number of likely N-dealkylation sites (tertiary alicyclic amines) is 1. The van der Waals surface area contributed by atoms with Crippen LogP contribution in [0.2, 0.25) is 0 Å². The van der Waals surface area contributed by atoms with Crippen molar-refractivity contribution in [2.75, 3.05) is 26.7 Å². The number of piperidine rings is 1. The molecule has 1 rings (SSSR count). The van der Waals surface area contributed by atoms with E-state index in [1.807, 2.05) is 0 Å². The molecule has 0 radical (unpaired) electrons. The molecule has 7 heteroatoms. The highest BCUT2D eigenvalue weighted by Crippen LogP contribution is 2.16. The molecule has 0 atom stereocenters. The minimum atomic E-state index is -0.605. The van der Waals surface area contributed by atoms with E-state index < -0.39 is 11.8 Å². The van der Waals surface area contributed by atoms with Crippen molar-refractivity contribution in [3.05, 3.63) is 0 Å². The van der Waals surface area contributed by atoms with Gasteiger partial charge in [-0.3, -0.25) is 9.59 Å². The highest BCUT2D eigenvalue weighted by molar-refractivity contribution is 6.35. The summed E-state index contributed by atoms with van der Waals surface area (Å²) in [6.07, 6.45) is 1.27. The van der Waals surface area contributed by atoms with E-state index in [0.29, 0.717) is 19.6 Å². The molecule has 1 saturated heterocycles. The molecule has 1 aliphatic rings. The van der Waals surface area contributed by atoms with Crippen molar-refractivity contribution in [1.82, 2.24) is 15.5 Å². The first-order chi connectivity index (χ1) is 9.43. The third-order valence-corrected chi connectivity index (χ3v) is 3.22. The van der Waals surface area contributed by atoms with E-state index in [4.69, 9.17) is 0 Å². The van der Waals surface area contributed by atoms with Crippen LogP contribution in [0.5, 0.6) is 0 Å². The number of methoxy groups -OCH3 is 1. The van der Waals surface area contributed by atoms with E-state index in [0.717, 1.165) is 12.8 Å². The molecule has 1 heterocycles. The number of carbonyl (C=O) groups is 3. The van der Waals surface area contributed by atoms with Crippen LogP contribution in [0.3, 0.4) is 0 Å². The van der Waals surface area contributed by atoms with Crippen LogP contribution < -0.4 is 10.6 Å². The summed E-state index contributed by atoms with van der Waals surface area (Å²) in [5.41, 5.74) is 0. The summed E-state index contributed by atoms with van der Waals surface area (Å²) in [4.78, 5) is 35.9. The number of carbonyl (C=O) groups excluding carboxylic acids is 3. The Morgan fingerprint density at radius 3 is 2.30 bits per heavy atom. The van der Waals surface area contributed by atoms with Gasteiger partial charge in [0.25, 0.3) is 0 Å². The molecule has 114 valence electrons. The molecule has 1 fully saturated rings. The molecule has 0 saturated carbocycles. The predicted octanol–water partition coefficient (Wildman–Crippen LogP) is 0.106. The second-order valence-electron chi connectivity index (χ2n) is 5.24. The van der Waals surface area contributed by atoms with Crippen LogP contribution >= 0.6 is 0 Å². The number of nitrogens with zero attached hydrogens (tertiary/aromatic N) is 1. The quantitative estimate of drug-likeness (QED) is 0.720. The van der Waals surface area contributed by atoms with Crippen molar-refractivity contribution in [3.8, 4) is 0 Å². The van der Waals surface area contributed by atoms with Crippen molar-refractivity contribution < 1.29 is 19.1 Å². The van der Waals surface area contributed by atoms with Gasteiger partial charge in [0, 0.05) is 25.7 Å². The number of ether oxygens (including phenoxy) is 1. The molecule has 0 aromatic rings. The van der Waals surface area contributed by atoms with Gasteiger partial charge in [-0.15, -0.1) is 0 Å². The summed E-state index contributed by atoms with van der Waals surface area (Å²) in [5.74, 6) is -0.923. The van der Waals surface area contributed by atoms with Crippen LogP contribution in [0.4, 0.5) is 4.79 Å². The van der Waals surface area contributed by atoms with Gasteiger partial charge in [0.1, 0.15) is 0 Å². The lowest BCUT2D eigenvalue weighted by Crippen LogP contribution is -2.46. The molecule has 7 nitrogen and oxygen atoms in total. The summed E-state index contributed by atoms with van der Waals surface area (Å²) in [6.45, 7) is 5.29. The molecule has 3 amide bonds. The third kappa shape index (κ3) is 5.07. The third-order valence-electron chi connectivity index (χ3n) is 3.22. The van der Waals surface area contributed by atoms with Gasteiger partial charge < -0.3 is 20.3 Å². The summed E-state index contributed by atoms with van der Waals surface area (Å²) >= 11 is 0. The molecule has 0 aromatic heterocycles. The summed E-state index contributed by atoms with van der Waals surface area (Å²) in [6, 6.07) is -0.0588. The topological polar surface area (TPSA) is 87.7 Å². The minimum Gasteiger partial charge on any atom is -0.453 e. The van der Waals surface area contributed by atoms with E-state index >= 15 is 0 Å². The first-order valence-electron chi connectivity index (χ1n) is 6.85. The van der Waals surface area contributed by atoms with Crippen LogP contribution in [0, 0.1) is 5.92 Å². The molecule has 2 N–H and O–H groups in total. The van der Waals surface area contributed by atoms with E-state index in [1.165, 1.54) is 7.11 Å². The van der Waals surface area contributed by atoms with Gasteiger partial charge >= 0.3 is 17.9 Å². The SMILES string of the molecule is COC(=O)N1CCC(CNC(=O)C(=O)NC(C)C)CC1. The Kier molecular flexibility index (Phi) is 6.27. The maximum Gasteiger partial charge on any atom is 0.409 e. The maximum atomic E-state index is 11.5. The van der Waals surface area contributed by atoms with E-state index in [9.17, 15) is 14.4 Å². The number of hydrogen-bond acceptors (Lipinski definition) is 4. The Balaban J connectivity index is 2.26. The number of hydrogen-bond donors (Lipinski definition) is 2. The van der Waals surface area contributed by atoms with Gasteiger partial charge in [0.15, 0.2) is 0 Å². The molecular weight excluding hydrogens is 262 g/mol. The largest absolute Gasteiger partial charge is 0.453 e. The van der Waals surface area contributed by atoms with Crippen LogP contribution in [-0.2, 0) is 14.3 Å². The summed E-state index contributed by atoms with van der Waals surface area (Å²) in [5, 5.41) is 5.17. The highest BCUT2D eigenvalue weighted by atomic mass is 16.5. The number of rotatable bonds is 3. The zero-order valence-corrected chi connectivity index (χ0v) is 12.3. The molecule has 1 aliphatic heterocycles. The monoisotopic (exact) mass is 285 g/mol. The summed E-state index contributed by atoms with van der Waals surface area (Å²) < 4.78 is 4.66. The summed E-state index contributed by atoms with van der Waals surface area (Å²) in [7, 11) is 1.36. The minimum absolute atomic E-state index is 0.0588. The van der Waals surface area contributed by atoms with Crippen molar-refractivity contribution in [1.29, 1.82) is 0 Å². The zero-order valence-electron chi connectivity index (χ0n) is 12.3. The fraction of sp³-hybridized carbons (Fsp3) is 0.769. The van der Waals surface area contributed by atoms with Crippen molar-refractivity contribution in [3.63, 3.8) is 0 Å². The van der Waals surface area contributed by atoms with Gasteiger partial charge in [-0.05, 0) is 32.6 Å². The van der Waals surface area contributed by atoms with E-state index in [-0.39, 0.29) is 18.1 Å². The smallest absolute Gasteiger partial charge is 0.409 e. The lowest BCUT2D eigenvalue weighted by Gasteiger charge is -2.30. The first kappa shape index (κ1) is 16.3. The average molecular weight is 285 g/mol. The average Bonchev–Trinajstić information content (AvgIpc) is 2.43. The molecule has 0 aromatic carbocycles. The Bertz CT molecular complexity index is 363. The normalized spacial score (nSPS) is 15.9. The zero-order chi connectivity index (χ0) is 15.1. The molecule has 0 unspecified atom stereocenters. The van der Waals surface area contributed by atoms with E-state index in [2.05, 4.69) is 15.4 Å². The lowest BCUT2D eigenvalue weighted by atomic mass is 9.97. The molecule has 20 heavy (non-hydrogen) atoms. The van der Waals surface area contributed by atoms with Gasteiger partial charge in [-0.2, -0.15) is 0 Å².